The van der Waals surface area contributed by atoms with E-state index in [1.807, 2.05) is 6.92 Å². The van der Waals surface area contributed by atoms with Gasteiger partial charge in [0.1, 0.15) is 23.4 Å². The summed E-state index contributed by atoms with van der Waals surface area (Å²) in [7, 11) is 0. The predicted molar refractivity (Wildman–Crippen MR) is 139 cm³/mol. The first-order valence-corrected chi connectivity index (χ1v) is 11.5. The van der Waals surface area contributed by atoms with Gasteiger partial charge in [0.2, 0.25) is 23.8 Å². The molecular weight excluding hydrogens is 480 g/mol. The molecule has 0 aliphatic rings. The second-order valence-electron chi connectivity index (χ2n) is 7.80. The summed E-state index contributed by atoms with van der Waals surface area (Å²) in [5, 5.41) is 11.3. The van der Waals surface area contributed by atoms with Crippen LogP contribution in [0.1, 0.15) is 13.8 Å². The van der Waals surface area contributed by atoms with E-state index in [0.717, 1.165) is 0 Å². The van der Waals surface area contributed by atoms with Crippen molar-refractivity contribution in [2.45, 2.75) is 19.9 Å². The minimum absolute atomic E-state index is 0.00780. The lowest BCUT2D eigenvalue weighted by Gasteiger charge is -2.17. The highest BCUT2D eigenvalue weighted by Gasteiger charge is 2.18. The maximum Gasteiger partial charge on any atom is 0.246 e. The Hall–Kier alpha value is -4.80. The van der Waals surface area contributed by atoms with Crippen molar-refractivity contribution in [2.75, 3.05) is 27.9 Å². The van der Waals surface area contributed by atoms with Gasteiger partial charge in [-0.25, -0.2) is 8.78 Å². The van der Waals surface area contributed by atoms with E-state index in [9.17, 15) is 13.6 Å². The first-order valence-electron chi connectivity index (χ1n) is 11.5. The fourth-order valence-electron chi connectivity index (χ4n) is 3.27. The number of aromatic nitrogens is 3. The van der Waals surface area contributed by atoms with E-state index in [4.69, 9.17) is 4.74 Å². The van der Waals surface area contributed by atoms with Crippen LogP contribution in [0, 0.1) is 11.6 Å². The van der Waals surface area contributed by atoms with Crippen molar-refractivity contribution in [3.05, 3.63) is 84.4 Å². The molecule has 0 unspecified atom stereocenters. The summed E-state index contributed by atoms with van der Waals surface area (Å²) in [6.07, 6.45) is 0. The van der Waals surface area contributed by atoms with Gasteiger partial charge in [0, 0.05) is 0 Å². The number of anilines is 6. The number of amides is 1. The smallest absolute Gasteiger partial charge is 0.246 e. The number of ether oxygens (including phenoxy) is 1. The maximum absolute atomic E-state index is 14.2. The Balaban J connectivity index is 1.57. The van der Waals surface area contributed by atoms with Crippen LogP contribution in [0.25, 0.3) is 0 Å². The second kappa shape index (κ2) is 11.8. The number of carbonyl (C=O) groups is 1. The molecule has 1 atom stereocenters. The number of halogens is 2. The standard InChI is InChI=1S/C26H25F2N7O2/c1-3-37-22-15-9-8-14-21(22)30-23(36)16(2)29-24-33-25(31-19-12-6-4-10-17(19)27)35-26(34-24)32-20-13-7-5-11-18(20)28/h4-16H,3H2,1-2H3,(H,30,36)(H3,29,31,32,33,34,35)/t16-/m1/s1. The molecule has 1 heterocycles. The Kier molecular flexibility index (Phi) is 8.04. The topological polar surface area (TPSA) is 113 Å². The maximum atomic E-state index is 14.2. The van der Waals surface area contributed by atoms with Gasteiger partial charge in [0.25, 0.3) is 0 Å². The molecule has 0 fully saturated rings. The third-order valence-corrected chi connectivity index (χ3v) is 5.06. The molecule has 3 aromatic carbocycles. The highest BCUT2D eigenvalue weighted by Crippen LogP contribution is 2.25. The van der Waals surface area contributed by atoms with Crippen LogP contribution in [0.2, 0.25) is 0 Å². The van der Waals surface area contributed by atoms with E-state index >= 15 is 0 Å². The highest BCUT2D eigenvalue weighted by molar-refractivity contribution is 5.97. The first-order chi connectivity index (χ1) is 17.9. The van der Waals surface area contributed by atoms with E-state index < -0.39 is 17.7 Å². The largest absolute Gasteiger partial charge is 0.492 e. The zero-order chi connectivity index (χ0) is 26.2. The van der Waals surface area contributed by atoms with Crippen molar-refractivity contribution in [3.8, 4) is 5.75 Å². The zero-order valence-corrected chi connectivity index (χ0v) is 20.1. The Bertz CT molecular complexity index is 1320. The zero-order valence-electron chi connectivity index (χ0n) is 20.1. The number of rotatable bonds is 10. The molecule has 0 aliphatic carbocycles. The molecule has 0 saturated heterocycles. The third kappa shape index (κ3) is 6.66. The minimum atomic E-state index is -0.792. The number of para-hydroxylation sites is 4. The number of nitrogens with one attached hydrogen (secondary N) is 4. The quantitative estimate of drug-likeness (QED) is 0.224. The number of benzene rings is 3. The average Bonchev–Trinajstić information content (AvgIpc) is 2.88. The predicted octanol–water partition coefficient (Wildman–Crippen LogP) is 5.47. The first kappa shape index (κ1) is 25.3. The minimum Gasteiger partial charge on any atom is -0.492 e. The van der Waals surface area contributed by atoms with Gasteiger partial charge in [-0.05, 0) is 50.2 Å². The summed E-state index contributed by atoms with van der Waals surface area (Å²) in [6, 6.07) is 18.3. The number of hydrogen-bond acceptors (Lipinski definition) is 8. The van der Waals surface area contributed by atoms with E-state index in [-0.39, 0.29) is 35.1 Å². The lowest BCUT2D eigenvalue weighted by Crippen LogP contribution is -2.33. The van der Waals surface area contributed by atoms with Gasteiger partial charge in [-0.2, -0.15) is 15.0 Å². The molecule has 9 nitrogen and oxygen atoms in total. The van der Waals surface area contributed by atoms with E-state index in [1.54, 1.807) is 55.5 Å². The highest BCUT2D eigenvalue weighted by atomic mass is 19.1. The molecule has 0 saturated carbocycles. The Morgan fingerprint density at radius 1 is 0.784 bits per heavy atom. The van der Waals surface area contributed by atoms with Crippen LogP contribution in [-0.4, -0.2) is 33.5 Å². The molecular formula is C26H25F2N7O2. The average molecular weight is 506 g/mol. The number of hydrogen-bond donors (Lipinski definition) is 4. The molecule has 4 N–H and O–H groups in total. The van der Waals surface area contributed by atoms with Crippen LogP contribution in [0.5, 0.6) is 5.75 Å². The summed E-state index contributed by atoms with van der Waals surface area (Å²) in [6.45, 7) is 3.92. The van der Waals surface area contributed by atoms with Crippen molar-refractivity contribution in [1.29, 1.82) is 0 Å². The fraction of sp³-hybridized carbons (Fsp3) is 0.154. The van der Waals surface area contributed by atoms with Crippen LogP contribution in [0.15, 0.2) is 72.8 Å². The molecule has 37 heavy (non-hydrogen) atoms. The van der Waals surface area contributed by atoms with Crippen molar-refractivity contribution >= 4 is 40.8 Å². The van der Waals surface area contributed by atoms with Crippen LogP contribution >= 0.6 is 0 Å². The van der Waals surface area contributed by atoms with Crippen LogP contribution < -0.4 is 26.0 Å². The molecule has 0 spiro atoms. The molecule has 4 aromatic rings. The van der Waals surface area contributed by atoms with E-state index in [0.29, 0.717) is 18.0 Å². The van der Waals surface area contributed by atoms with Gasteiger partial charge in [-0.3, -0.25) is 4.79 Å². The summed E-state index contributed by atoms with van der Waals surface area (Å²) in [4.78, 5) is 25.6. The summed E-state index contributed by atoms with van der Waals surface area (Å²) >= 11 is 0. The molecule has 4 rings (SSSR count). The summed E-state index contributed by atoms with van der Waals surface area (Å²) in [5.74, 6) is -0.887. The molecule has 1 aromatic heterocycles. The third-order valence-electron chi connectivity index (χ3n) is 5.06. The van der Waals surface area contributed by atoms with E-state index in [1.165, 1.54) is 24.3 Å². The Morgan fingerprint density at radius 3 is 1.81 bits per heavy atom. The van der Waals surface area contributed by atoms with Crippen molar-refractivity contribution in [1.82, 2.24) is 15.0 Å². The SMILES string of the molecule is CCOc1ccccc1NC(=O)[C@@H](C)Nc1nc(Nc2ccccc2F)nc(Nc2ccccc2F)n1. The van der Waals surface area contributed by atoms with Crippen molar-refractivity contribution < 1.29 is 18.3 Å². The normalized spacial score (nSPS) is 11.4. The second-order valence-corrected chi connectivity index (χ2v) is 7.80. The van der Waals surface area contributed by atoms with Crippen molar-refractivity contribution in [2.24, 2.45) is 0 Å². The van der Waals surface area contributed by atoms with Gasteiger partial charge in [-0.1, -0.05) is 36.4 Å². The van der Waals surface area contributed by atoms with Gasteiger partial charge < -0.3 is 26.0 Å². The molecule has 0 bridgehead atoms. The molecule has 11 heteroatoms. The Labute approximate surface area is 212 Å². The van der Waals surface area contributed by atoms with Crippen LogP contribution in [0.3, 0.4) is 0 Å². The van der Waals surface area contributed by atoms with Gasteiger partial charge >= 0.3 is 0 Å². The number of carbonyl (C=O) groups excluding carboxylic acids is 1. The molecule has 1 amide bonds. The summed E-state index contributed by atoms with van der Waals surface area (Å²) < 4.78 is 34.0. The van der Waals surface area contributed by atoms with E-state index in [2.05, 4.69) is 36.2 Å². The lowest BCUT2D eigenvalue weighted by molar-refractivity contribution is -0.116. The number of nitrogens with zero attached hydrogens (tertiary/aromatic N) is 3. The van der Waals surface area contributed by atoms with Crippen molar-refractivity contribution in [3.63, 3.8) is 0 Å². The van der Waals surface area contributed by atoms with Gasteiger partial charge in [0.05, 0.1) is 23.7 Å². The fourth-order valence-corrected chi connectivity index (χ4v) is 3.27. The van der Waals surface area contributed by atoms with Gasteiger partial charge in [-0.15, -0.1) is 0 Å². The molecule has 0 radical (unpaired) electrons. The van der Waals surface area contributed by atoms with Gasteiger partial charge in [0.15, 0.2) is 0 Å². The molecule has 190 valence electrons. The lowest BCUT2D eigenvalue weighted by atomic mass is 10.2. The molecule has 0 aliphatic heterocycles. The summed E-state index contributed by atoms with van der Waals surface area (Å²) in [5.41, 5.74) is 0.784. The van der Waals surface area contributed by atoms with Crippen LogP contribution in [-0.2, 0) is 4.79 Å². The monoisotopic (exact) mass is 505 g/mol. The Morgan fingerprint density at radius 2 is 1.27 bits per heavy atom. The van der Waals surface area contributed by atoms with Crippen LogP contribution in [0.4, 0.5) is 43.7 Å².